The summed E-state index contributed by atoms with van der Waals surface area (Å²) >= 11 is 5.14. The molecular weight excluding hydrogens is 1710 g/mol. The number of fused-ring (bicyclic) bond motifs is 2. The van der Waals surface area contributed by atoms with Gasteiger partial charge < -0.3 is 111 Å². The van der Waals surface area contributed by atoms with Crippen LogP contribution in [0.15, 0.2) is 34.4 Å². The van der Waals surface area contributed by atoms with Gasteiger partial charge in [-0.3, -0.25) is 43.2 Å². The number of anilines is 1. The minimum absolute atomic E-state index is 0.00536. The average molecular weight is 1850 g/mol. The van der Waals surface area contributed by atoms with E-state index in [4.69, 9.17) is 58.8 Å². The van der Waals surface area contributed by atoms with Crippen molar-refractivity contribution in [3.8, 4) is 0 Å². The second-order valence-corrected chi connectivity index (χ2v) is 36.0. The molecule has 0 spiro atoms. The van der Waals surface area contributed by atoms with E-state index in [9.17, 15) is 68.1 Å². The Bertz CT molecular complexity index is 3630. The number of hydrogen-bond donors (Lipinski definition) is 12. The smallest absolute Gasteiger partial charge is 0.407 e. The minimum atomic E-state index is -1.15. The number of urea groups is 1. The van der Waals surface area contributed by atoms with Crippen LogP contribution in [0, 0.1) is 17.8 Å². The number of alkyl carbamates (subject to hydrolysis) is 1. The lowest BCUT2D eigenvalue weighted by Gasteiger charge is -2.40. The van der Waals surface area contributed by atoms with E-state index in [1.165, 1.54) is 44.2 Å². The molecule has 0 saturated carbocycles. The topological polar surface area (TPSA) is 532 Å². The SMILES string of the molecule is COC(=O)[C@H](CCCCCC(=O)c1cc(NC(=O)NCCOCCOCCNC(=O)CCc2cn(CCOCCOCCOC(=O)NCCCC(=O)NCCOCCOCCCC(=O)CCSC3OC(CO)C(O)C(O)C3C)nn2)cc(C(=O)CCCCC[C@H](CC(=O)CCCC[C@@H]2SC[C@@H]3NC(N)=N[C@@H]32)C(=O)OC)c1)CC(=O)CCCC[C@@H]1SC[C@@H]2NC(N)=N[C@@H]21. The summed E-state index contributed by atoms with van der Waals surface area (Å²) in [6.45, 7) is 5.96. The number of ketones is 5. The number of Topliss-reactive ketones (excluding diaryl/α,β-unsaturated/α-hetero) is 5. The second kappa shape index (κ2) is 61.8. The van der Waals surface area contributed by atoms with Crippen LogP contribution in [0.2, 0.25) is 0 Å². The Morgan fingerprint density at radius 1 is 0.551 bits per heavy atom. The van der Waals surface area contributed by atoms with Crippen molar-refractivity contribution < 1.29 is 115 Å². The van der Waals surface area contributed by atoms with Crippen molar-refractivity contribution in [2.24, 2.45) is 39.2 Å². The third-order valence-corrected chi connectivity index (χ3v) is 26.6. The Labute approximate surface area is 757 Å². The van der Waals surface area contributed by atoms with Gasteiger partial charge in [-0.15, -0.1) is 16.9 Å². The average Bonchev–Trinajstić information content (AvgIpc) is 1.65. The molecular formula is C86H138N14O24S3. The van der Waals surface area contributed by atoms with Gasteiger partial charge in [-0.2, -0.15) is 23.5 Å². The van der Waals surface area contributed by atoms with Gasteiger partial charge in [0.15, 0.2) is 23.5 Å². The van der Waals surface area contributed by atoms with Crippen LogP contribution in [0.4, 0.5) is 15.3 Å². The van der Waals surface area contributed by atoms with Gasteiger partial charge in [0.2, 0.25) is 11.8 Å². The summed E-state index contributed by atoms with van der Waals surface area (Å²) in [5, 5.41) is 58.7. The van der Waals surface area contributed by atoms with Crippen molar-refractivity contribution in [3.63, 3.8) is 0 Å². The summed E-state index contributed by atoms with van der Waals surface area (Å²) in [7, 11) is 2.62. The largest absolute Gasteiger partial charge is 0.469 e. The van der Waals surface area contributed by atoms with E-state index in [-0.39, 0.29) is 192 Å². The molecule has 5 aliphatic heterocycles. The third-order valence-electron chi connectivity index (χ3n) is 22.3. The van der Waals surface area contributed by atoms with Crippen LogP contribution >= 0.6 is 35.3 Å². The Morgan fingerprint density at radius 3 is 1.61 bits per heavy atom. The molecule has 38 nitrogen and oxygen atoms in total. The molecule has 0 radical (unpaired) electrons. The number of carbonyl (C=O) groups is 11. The van der Waals surface area contributed by atoms with Gasteiger partial charge >= 0.3 is 24.1 Å². The summed E-state index contributed by atoms with van der Waals surface area (Å²) in [5.41, 5.74) is 12.7. The number of nitrogens with zero attached hydrogens (tertiary/aromatic N) is 5. The maximum atomic E-state index is 13.9. The molecule has 6 heterocycles. The number of aliphatic hydroxyl groups excluding tert-OH is 3. The fourth-order valence-electron chi connectivity index (χ4n) is 15.2. The van der Waals surface area contributed by atoms with Crippen LogP contribution in [0.1, 0.15) is 200 Å². The number of aromatic nitrogens is 3. The van der Waals surface area contributed by atoms with E-state index in [0.29, 0.717) is 196 Å². The van der Waals surface area contributed by atoms with Gasteiger partial charge in [-0.1, -0.05) is 50.7 Å². The maximum absolute atomic E-state index is 13.9. The summed E-state index contributed by atoms with van der Waals surface area (Å²) in [5.74, 6) is 0.162. The number of nitrogens with two attached hydrogens (primary N) is 2. The van der Waals surface area contributed by atoms with Gasteiger partial charge in [0.25, 0.3) is 0 Å². The lowest BCUT2D eigenvalue weighted by atomic mass is 9.92. The van der Waals surface area contributed by atoms with E-state index >= 15 is 0 Å². The molecule has 2 aromatic rings. The first-order chi connectivity index (χ1) is 61.5. The second-order valence-electron chi connectivity index (χ2n) is 32.2. The van der Waals surface area contributed by atoms with Gasteiger partial charge in [0.05, 0.1) is 148 Å². The number of thioether (sulfide) groups is 3. The molecule has 1 aromatic carbocycles. The molecule has 5 unspecified atom stereocenters. The number of rotatable bonds is 71. The number of methoxy groups -OCH3 is 2. The predicted molar refractivity (Wildman–Crippen MR) is 479 cm³/mol. The molecule has 14 N–H and O–H groups in total. The Hall–Kier alpha value is -7.68. The summed E-state index contributed by atoms with van der Waals surface area (Å²) in [6.07, 6.45) is 10.8. The van der Waals surface area contributed by atoms with Gasteiger partial charge in [-0.25, -0.2) is 24.3 Å². The number of unbranched alkanes of at least 4 members (excludes halogenated alkanes) is 6. The van der Waals surface area contributed by atoms with Crippen molar-refractivity contribution in [1.82, 2.24) is 46.9 Å². The maximum Gasteiger partial charge on any atom is 0.407 e. The van der Waals surface area contributed by atoms with Gasteiger partial charge in [0.1, 0.15) is 41.6 Å². The van der Waals surface area contributed by atoms with Crippen molar-refractivity contribution in [3.05, 3.63) is 41.2 Å². The highest BCUT2D eigenvalue weighted by atomic mass is 32.2. The number of carbonyl (C=O) groups excluding carboxylic acids is 11. The number of hydrogen-bond acceptors (Lipinski definition) is 35. The molecule has 3 saturated heterocycles. The first-order valence-electron chi connectivity index (χ1n) is 44.9. The number of ether oxygens (including phenoxy) is 10. The Kier molecular flexibility index (Phi) is 51.8. The molecule has 1 aromatic heterocycles. The van der Waals surface area contributed by atoms with Crippen LogP contribution in [0.3, 0.4) is 0 Å². The van der Waals surface area contributed by atoms with E-state index in [2.05, 4.69) is 57.5 Å². The molecule has 0 aliphatic carbocycles. The molecule has 3 fully saturated rings. The number of esters is 2. The number of amides is 5. The van der Waals surface area contributed by atoms with Crippen LogP contribution in [-0.2, 0) is 93.9 Å². The predicted octanol–water partition coefficient (Wildman–Crippen LogP) is 4.84. The van der Waals surface area contributed by atoms with E-state index in [0.717, 1.165) is 37.2 Å². The minimum Gasteiger partial charge on any atom is -0.469 e. The van der Waals surface area contributed by atoms with Crippen molar-refractivity contribution in [2.45, 2.75) is 245 Å². The zero-order valence-corrected chi connectivity index (χ0v) is 76.4. The summed E-state index contributed by atoms with van der Waals surface area (Å²) in [6, 6.07) is 4.85. The van der Waals surface area contributed by atoms with Gasteiger partial charge in [-0.05, 0) is 82.4 Å². The molecule has 7 rings (SSSR count). The molecule has 127 heavy (non-hydrogen) atoms. The standard InChI is InChI=1S/C86H138N14O24S3/c1-57-78(109)79(110)71(54-101)124-82(57)125-47-28-64(102)20-15-34-117-39-40-118-35-30-89-74(107)25-14-29-92-86(114)123-46-45-122-44-43-121-38-33-100-53-62(98-99-100)26-27-75(108)90-31-36-119-41-42-120-37-32-91-85(113)93-63-49-60(69(105)21-8-4-6-16-58(80(111)115-2)51-65(103)18-10-12-23-72-76-67(55-126-72)94-83(87)96-76)48-61(50-63)70(106)22-9-5-7-17-59(81(112)116-3)52-66(104)19-11-13-24-73-77-68(56-127-73)95-84(88)97-77/h48-50,53,57-59,67-68,71-73,76-79,82,101,109-110H,4-47,51-52,54-56H2,1-3H3,(H,89,107)(H,90,108)(H,92,114)(H3,87,94,96)(H3,88,95,97)(H2,91,93,113)/t57?,58-,59-,67+,68+,71?,72+,73+,76+,77+,78?,79?,82?/m1/s1. The normalized spacial score (nSPS) is 20.8. The fraction of sp³-hybridized carbons (Fsp3) is 0.756. The molecule has 5 aliphatic rings. The van der Waals surface area contributed by atoms with Gasteiger partial charge in [0, 0.05) is 160 Å². The molecule has 13 atom stereocenters. The highest BCUT2D eigenvalue weighted by molar-refractivity contribution is 8.00. The first-order valence-corrected chi connectivity index (χ1v) is 48.1. The molecule has 41 heteroatoms. The number of aliphatic hydroxyl groups is 3. The number of guanidine groups is 2. The lowest BCUT2D eigenvalue weighted by Crippen LogP contribution is -2.53. The fourth-order valence-corrected chi connectivity index (χ4v) is 19.5. The third kappa shape index (κ3) is 42.0. The van der Waals surface area contributed by atoms with Crippen molar-refractivity contribution >= 4 is 118 Å². The van der Waals surface area contributed by atoms with Crippen LogP contribution in [-0.4, -0.2) is 316 Å². The van der Waals surface area contributed by atoms with E-state index in [1.807, 2.05) is 23.5 Å². The highest BCUT2D eigenvalue weighted by Gasteiger charge is 2.44. The number of nitrogens with one attached hydrogen (secondary N) is 7. The van der Waals surface area contributed by atoms with Crippen LogP contribution in [0.5, 0.6) is 0 Å². The van der Waals surface area contributed by atoms with Crippen LogP contribution in [0.25, 0.3) is 0 Å². The van der Waals surface area contributed by atoms with Crippen molar-refractivity contribution in [2.75, 3.05) is 155 Å². The number of benzene rings is 1. The van der Waals surface area contributed by atoms with Crippen molar-refractivity contribution in [1.29, 1.82) is 0 Å². The Balaban J connectivity index is 0.680. The van der Waals surface area contributed by atoms with E-state index < -0.39 is 66.3 Å². The monoisotopic (exact) mass is 1850 g/mol. The lowest BCUT2D eigenvalue weighted by molar-refractivity contribution is -0.181. The van der Waals surface area contributed by atoms with Crippen LogP contribution < -0.4 is 48.7 Å². The highest BCUT2D eigenvalue weighted by Crippen LogP contribution is 2.38. The summed E-state index contributed by atoms with van der Waals surface area (Å²) in [4.78, 5) is 151. The molecule has 0 bridgehead atoms. The van der Waals surface area contributed by atoms with E-state index in [1.54, 1.807) is 17.8 Å². The zero-order chi connectivity index (χ0) is 91.3. The Morgan fingerprint density at radius 2 is 1.06 bits per heavy atom. The number of aliphatic imine (C=N–C) groups is 2. The zero-order valence-electron chi connectivity index (χ0n) is 74.0. The quantitative estimate of drug-likeness (QED) is 0.0182. The number of aryl methyl sites for hydroxylation is 1. The molecule has 5 amide bonds. The first kappa shape index (κ1) is 106. The summed E-state index contributed by atoms with van der Waals surface area (Å²) < 4.78 is 56.0. The molecule has 714 valence electrons.